The first-order valence-electron chi connectivity index (χ1n) is 10.2. The molecule has 0 radical (unpaired) electrons. The van der Waals surface area contributed by atoms with E-state index < -0.39 is 0 Å². The molecule has 0 aliphatic heterocycles. The lowest BCUT2D eigenvalue weighted by Crippen LogP contribution is -2.29. The summed E-state index contributed by atoms with van der Waals surface area (Å²) in [6.07, 6.45) is 1.67. The van der Waals surface area contributed by atoms with Gasteiger partial charge in [0, 0.05) is 11.6 Å². The Labute approximate surface area is 187 Å². The molecular formula is C25H26ClNO4. The summed E-state index contributed by atoms with van der Waals surface area (Å²) < 4.78 is 16.9. The van der Waals surface area contributed by atoms with Crippen molar-refractivity contribution in [2.75, 3.05) is 19.8 Å². The molecule has 0 unspecified atom stereocenters. The average Bonchev–Trinajstić information content (AvgIpc) is 2.81. The van der Waals surface area contributed by atoms with E-state index in [0.29, 0.717) is 30.5 Å². The molecule has 6 heteroatoms. The molecule has 0 atom stereocenters. The molecule has 1 amide bonds. The number of benzene rings is 3. The fraction of sp³-hybridized carbons (Fsp3) is 0.240. The van der Waals surface area contributed by atoms with Crippen molar-refractivity contribution in [3.63, 3.8) is 0 Å². The Bertz CT molecular complexity index is 915. The molecule has 0 bridgehead atoms. The van der Waals surface area contributed by atoms with Crippen LogP contribution in [0.5, 0.6) is 17.2 Å². The molecule has 5 nitrogen and oxygen atoms in total. The zero-order valence-corrected chi connectivity index (χ0v) is 18.0. The smallest absolute Gasteiger partial charge is 0.257 e. The van der Waals surface area contributed by atoms with Crippen LogP contribution in [0.1, 0.15) is 18.4 Å². The number of carbonyl (C=O) groups is 1. The number of rotatable bonds is 12. The maximum Gasteiger partial charge on any atom is 0.257 e. The Morgan fingerprint density at radius 1 is 0.742 bits per heavy atom. The van der Waals surface area contributed by atoms with Crippen molar-refractivity contribution in [2.24, 2.45) is 0 Å². The summed E-state index contributed by atoms with van der Waals surface area (Å²) in [5, 5.41) is 3.53. The lowest BCUT2D eigenvalue weighted by Gasteiger charge is -2.10. The predicted octanol–water partition coefficient (Wildman–Crippen LogP) is 5.27. The number of hydrogen-bond acceptors (Lipinski definition) is 4. The number of amides is 1. The van der Waals surface area contributed by atoms with E-state index in [2.05, 4.69) is 5.32 Å². The fourth-order valence-corrected chi connectivity index (χ4v) is 2.87. The van der Waals surface area contributed by atoms with Crippen LogP contribution in [0, 0.1) is 0 Å². The van der Waals surface area contributed by atoms with Crippen molar-refractivity contribution in [1.29, 1.82) is 0 Å². The van der Waals surface area contributed by atoms with Crippen LogP contribution in [0.25, 0.3) is 0 Å². The van der Waals surface area contributed by atoms with Gasteiger partial charge in [-0.2, -0.15) is 0 Å². The summed E-state index contributed by atoms with van der Waals surface area (Å²) in [6, 6.07) is 24.5. The van der Waals surface area contributed by atoms with Gasteiger partial charge in [-0.3, -0.25) is 4.79 Å². The van der Waals surface area contributed by atoms with E-state index in [1.807, 2.05) is 54.6 Å². The third kappa shape index (κ3) is 8.60. The molecule has 3 aromatic carbocycles. The van der Waals surface area contributed by atoms with Crippen LogP contribution in [-0.4, -0.2) is 25.7 Å². The number of halogens is 1. The van der Waals surface area contributed by atoms with Crippen molar-refractivity contribution < 1.29 is 19.0 Å². The summed E-state index contributed by atoms with van der Waals surface area (Å²) in [5.74, 6) is 2.02. The Morgan fingerprint density at radius 2 is 1.35 bits per heavy atom. The second-order valence-corrected chi connectivity index (χ2v) is 7.33. The average molecular weight is 440 g/mol. The minimum Gasteiger partial charge on any atom is -0.494 e. The van der Waals surface area contributed by atoms with E-state index in [-0.39, 0.29) is 12.5 Å². The van der Waals surface area contributed by atoms with E-state index in [9.17, 15) is 4.79 Å². The monoisotopic (exact) mass is 439 g/mol. The maximum absolute atomic E-state index is 11.9. The predicted molar refractivity (Wildman–Crippen MR) is 122 cm³/mol. The van der Waals surface area contributed by atoms with Crippen LogP contribution in [-0.2, 0) is 11.4 Å². The van der Waals surface area contributed by atoms with Gasteiger partial charge in [-0.1, -0.05) is 41.9 Å². The van der Waals surface area contributed by atoms with Gasteiger partial charge in [0.1, 0.15) is 23.9 Å². The molecule has 0 spiro atoms. The van der Waals surface area contributed by atoms with Crippen LogP contribution in [0.2, 0.25) is 5.02 Å². The summed E-state index contributed by atoms with van der Waals surface area (Å²) in [7, 11) is 0. The molecular weight excluding hydrogens is 414 g/mol. The molecule has 3 rings (SSSR count). The standard InChI is InChI=1S/C25H26ClNO4/c26-21-8-10-22(11-9-21)29-17-5-4-16-27-25(28)19-31-24-14-12-23(13-15-24)30-18-20-6-2-1-3-7-20/h1-3,6-15H,4-5,16-19H2,(H,27,28). The zero-order chi connectivity index (χ0) is 21.7. The van der Waals surface area contributed by atoms with Crippen LogP contribution in [0.4, 0.5) is 0 Å². The highest BCUT2D eigenvalue weighted by atomic mass is 35.5. The van der Waals surface area contributed by atoms with Gasteiger partial charge in [0.25, 0.3) is 5.91 Å². The van der Waals surface area contributed by atoms with Crippen molar-refractivity contribution in [1.82, 2.24) is 5.32 Å². The van der Waals surface area contributed by atoms with Crippen molar-refractivity contribution >= 4 is 17.5 Å². The molecule has 0 fully saturated rings. The molecule has 0 heterocycles. The highest BCUT2D eigenvalue weighted by Crippen LogP contribution is 2.19. The Hall–Kier alpha value is -3.18. The molecule has 0 saturated heterocycles. The highest BCUT2D eigenvalue weighted by molar-refractivity contribution is 6.30. The number of nitrogens with one attached hydrogen (secondary N) is 1. The second-order valence-electron chi connectivity index (χ2n) is 6.89. The lowest BCUT2D eigenvalue weighted by atomic mass is 10.2. The van der Waals surface area contributed by atoms with E-state index in [0.717, 1.165) is 29.9 Å². The van der Waals surface area contributed by atoms with Crippen molar-refractivity contribution in [3.8, 4) is 17.2 Å². The van der Waals surface area contributed by atoms with Crippen LogP contribution in [0.15, 0.2) is 78.9 Å². The first kappa shape index (κ1) is 22.5. The Morgan fingerprint density at radius 3 is 2.06 bits per heavy atom. The van der Waals surface area contributed by atoms with E-state index >= 15 is 0 Å². The Kier molecular flexibility index (Phi) is 9.07. The second kappa shape index (κ2) is 12.5. The molecule has 0 aromatic heterocycles. The van der Waals surface area contributed by atoms with E-state index in [1.54, 1.807) is 24.3 Å². The van der Waals surface area contributed by atoms with Gasteiger partial charge in [0.2, 0.25) is 0 Å². The number of ether oxygens (including phenoxy) is 3. The first-order valence-corrected chi connectivity index (χ1v) is 10.6. The first-order chi connectivity index (χ1) is 15.2. The molecule has 31 heavy (non-hydrogen) atoms. The summed E-state index contributed by atoms with van der Waals surface area (Å²) >= 11 is 5.84. The quantitative estimate of drug-likeness (QED) is 0.390. The normalized spacial score (nSPS) is 10.4. The lowest BCUT2D eigenvalue weighted by molar-refractivity contribution is -0.123. The molecule has 3 aromatic rings. The van der Waals surface area contributed by atoms with Gasteiger partial charge in [0.05, 0.1) is 6.61 Å². The Balaban J connectivity index is 1.25. The van der Waals surface area contributed by atoms with Crippen molar-refractivity contribution in [2.45, 2.75) is 19.4 Å². The molecule has 0 saturated carbocycles. The minimum atomic E-state index is -0.150. The molecule has 162 valence electrons. The topological polar surface area (TPSA) is 56.8 Å². The van der Waals surface area contributed by atoms with Crippen molar-refractivity contribution in [3.05, 3.63) is 89.4 Å². The van der Waals surface area contributed by atoms with Gasteiger partial charge >= 0.3 is 0 Å². The molecule has 0 aliphatic carbocycles. The number of carbonyl (C=O) groups excluding carboxylic acids is 1. The summed E-state index contributed by atoms with van der Waals surface area (Å²) in [6.45, 7) is 1.66. The third-order valence-electron chi connectivity index (χ3n) is 4.42. The van der Waals surface area contributed by atoms with Gasteiger partial charge in [-0.15, -0.1) is 0 Å². The van der Waals surface area contributed by atoms with Gasteiger partial charge < -0.3 is 19.5 Å². The van der Waals surface area contributed by atoms with Crippen LogP contribution >= 0.6 is 11.6 Å². The number of unbranched alkanes of at least 4 members (excludes halogenated alkanes) is 1. The molecule has 0 aliphatic rings. The summed E-state index contributed by atoms with van der Waals surface area (Å²) in [4.78, 5) is 11.9. The van der Waals surface area contributed by atoms with E-state index in [1.165, 1.54) is 0 Å². The largest absolute Gasteiger partial charge is 0.494 e. The fourth-order valence-electron chi connectivity index (χ4n) is 2.75. The summed E-state index contributed by atoms with van der Waals surface area (Å²) in [5.41, 5.74) is 1.11. The van der Waals surface area contributed by atoms with Crippen LogP contribution in [0.3, 0.4) is 0 Å². The minimum absolute atomic E-state index is 0.0223. The maximum atomic E-state index is 11.9. The van der Waals surface area contributed by atoms with Crippen LogP contribution < -0.4 is 19.5 Å². The van der Waals surface area contributed by atoms with Gasteiger partial charge in [-0.05, 0) is 66.9 Å². The van der Waals surface area contributed by atoms with Gasteiger partial charge in [0.15, 0.2) is 6.61 Å². The highest BCUT2D eigenvalue weighted by Gasteiger charge is 2.03. The SMILES string of the molecule is O=C(COc1ccc(OCc2ccccc2)cc1)NCCCCOc1ccc(Cl)cc1. The van der Waals surface area contributed by atoms with E-state index in [4.69, 9.17) is 25.8 Å². The third-order valence-corrected chi connectivity index (χ3v) is 4.67. The zero-order valence-electron chi connectivity index (χ0n) is 17.3. The number of hydrogen-bond donors (Lipinski definition) is 1. The molecule has 1 N–H and O–H groups in total. The van der Waals surface area contributed by atoms with Gasteiger partial charge in [-0.25, -0.2) is 0 Å².